The van der Waals surface area contributed by atoms with Gasteiger partial charge < -0.3 is 0 Å². The molecule has 0 amide bonds. The Kier molecular flexibility index (Phi) is 4.97. The zero-order chi connectivity index (χ0) is 12.1. The van der Waals surface area contributed by atoms with Gasteiger partial charge in [-0.3, -0.25) is 9.59 Å². The maximum atomic E-state index is 11.7. The molecular weight excluding hydrogens is 247 g/mol. The van der Waals surface area contributed by atoms with E-state index in [-0.39, 0.29) is 18.0 Å². The Hall–Kier alpha value is -0.860. The highest BCUT2D eigenvalue weighted by Crippen LogP contribution is 2.22. The second kappa shape index (κ2) is 6.02. The molecule has 0 unspecified atom stereocenters. The molecule has 0 fully saturated rings. The number of benzene rings is 1. The van der Waals surface area contributed by atoms with Crippen LogP contribution in [-0.2, 0) is 4.79 Å². The molecule has 16 heavy (non-hydrogen) atoms. The number of rotatable bonds is 5. The molecular formula is C12H12Cl2O2. The molecule has 1 aromatic rings. The SMILES string of the molecule is CCCC(=O)CC(=O)c1ccc(Cl)cc1Cl. The Morgan fingerprint density at radius 2 is 1.94 bits per heavy atom. The minimum absolute atomic E-state index is 0.0569. The Balaban J connectivity index is 2.77. The predicted molar refractivity (Wildman–Crippen MR) is 65.3 cm³/mol. The molecule has 0 aromatic heterocycles. The van der Waals surface area contributed by atoms with Crippen LogP contribution in [0, 0.1) is 0 Å². The molecule has 0 heterocycles. The summed E-state index contributed by atoms with van der Waals surface area (Å²) in [5.74, 6) is -0.307. The quantitative estimate of drug-likeness (QED) is 0.593. The third-order valence-corrected chi connectivity index (χ3v) is 2.67. The fraction of sp³-hybridized carbons (Fsp3) is 0.333. The molecule has 2 nitrogen and oxygen atoms in total. The van der Waals surface area contributed by atoms with Crippen molar-refractivity contribution in [3.8, 4) is 0 Å². The average molecular weight is 259 g/mol. The van der Waals surface area contributed by atoms with Crippen molar-refractivity contribution in [3.05, 3.63) is 33.8 Å². The van der Waals surface area contributed by atoms with Gasteiger partial charge in [0.15, 0.2) is 5.78 Å². The van der Waals surface area contributed by atoms with E-state index in [0.29, 0.717) is 22.0 Å². The molecule has 0 saturated heterocycles. The number of hydrogen-bond donors (Lipinski definition) is 0. The van der Waals surface area contributed by atoms with E-state index in [1.807, 2.05) is 6.92 Å². The standard InChI is InChI=1S/C12H12Cl2O2/c1-2-3-9(15)7-12(16)10-5-4-8(13)6-11(10)14/h4-6H,2-3,7H2,1H3. The zero-order valence-corrected chi connectivity index (χ0v) is 10.4. The van der Waals surface area contributed by atoms with Crippen LogP contribution in [0.2, 0.25) is 10.0 Å². The first-order valence-electron chi connectivity index (χ1n) is 5.04. The van der Waals surface area contributed by atoms with Gasteiger partial charge in [0.2, 0.25) is 0 Å². The zero-order valence-electron chi connectivity index (χ0n) is 8.93. The molecule has 0 radical (unpaired) electrons. The summed E-state index contributed by atoms with van der Waals surface area (Å²) < 4.78 is 0. The van der Waals surface area contributed by atoms with Crippen LogP contribution >= 0.6 is 23.2 Å². The lowest BCUT2D eigenvalue weighted by atomic mass is 10.0. The van der Waals surface area contributed by atoms with Crippen LogP contribution < -0.4 is 0 Å². The van der Waals surface area contributed by atoms with Gasteiger partial charge >= 0.3 is 0 Å². The molecule has 1 aromatic carbocycles. The number of carbonyl (C=O) groups is 2. The van der Waals surface area contributed by atoms with Crippen LogP contribution in [0.3, 0.4) is 0 Å². The molecule has 0 saturated carbocycles. The van der Waals surface area contributed by atoms with Crippen LogP contribution in [0.4, 0.5) is 0 Å². The normalized spacial score (nSPS) is 10.2. The van der Waals surface area contributed by atoms with Gasteiger partial charge in [-0.25, -0.2) is 0 Å². The molecule has 0 spiro atoms. The van der Waals surface area contributed by atoms with E-state index in [0.717, 1.165) is 6.42 Å². The summed E-state index contributed by atoms with van der Waals surface area (Å²) in [6, 6.07) is 4.64. The third-order valence-electron chi connectivity index (χ3n) is 2.12. The van der Waals surface area contributed by atoms with Gasteiger partial charge in [-0.05, 0) is 24.6 Å². The highest BCUT2D eigenvalue weighted by molar-refractivity contribution is 6.37. The molecule has 86 valence electrons. The van der Waals surface area contributed by atoms with E-state index in [9.17, 15) is 9.59 Å². The van der Waals surface area contributed by atoms with Gasteiger partial charge in [-0.2, -0.15) is 0 Å². The molecule has 0 atom stereocenters. The molecule has 0 aliphatic heterocycles. The van der Waals surface area contributed by atoms with E-state index < -0.39 is 0 Å². The van der Waals surface area contributed by atoms with Gasteiger partial charge in [0.1, 0.15) is 5.78 Å². The Bertz CT molecular complexity index is 413. The van der Waals surface area contributed by atoms with Crippen LogP contribution in [0.25, 0.3) is 0 Å². The lowest BCUT2D eigenvalue weighted by molar-refractivity contribution is -0.118. The van der Waals surface area contributed by atoms with Crippen LogP contribution in [0.15, 0.2) is 18.2 Å². The number of ketones is 2. The number of halogens is 2. The van der Waals surface area contributed by atoms with E-state index in [4.69, 9.17) is 23.2 Å². The summed E-state index contributed by atoms with van der Waals surface area (Å²) >= 11 is 11.6. The molecule has 0 N–H and O–H groups in total. The van der Waals surface area contributed by atoms with Gasteiger partial charge in [0, 0.05) is 17.0 Å². The highest BCUT2D eigenvalue weighted by atomic mass is 35.5. The van der Waals surface area contributed by atoms with Crippen LogP contribution in [-0.4, -0.2) is 11.6 Å². The number of hydrogen-bond acceptors (Lipinski definition) is 2. The smallest absolute Gasteiger partial charge is 0.171 e. The van der Waals surface area contributed by atoms with Gasteiger partial charge in [0.05, 0.1) is 11.4 Å². The second-order valence-electron chi connectivity index (χ2n) is 3.51. The molecule has 0 aliphatic carbocycles. The van der Waals surface area contributed by atoms with E-state index in [2.05, 4.69) is 0 Å². The van der Waals surface area contributed by atoms with Crippen molar-refractivity contribution in [2.24, 2.45) is 0 Å². The van der Waals surface area contributed by atoms with Crippen molar-refractivity contribution in [2.75, 3.05) is 0 Å². The summed E-state index contributed by atoms with van der Waals surface area (Å²) in [5.41, 5.74) is 0.357. The lowest BCUT2D eigenvalue weighted by Crippen LogP contribution is -2.08. The molecule has 1 rings (SSSR count). The topological polar surface area (TPSA) is 34.1 Å². The van der Waals surface area contributed by atoms with E-state index in [1.165, 1.54) is 6.07 Å². The van der Waals surface area contributed by atoms with Gasteiger partial charge in [-0.15, -0.1) is 0 Å². The summed E-state index contributed by atoms with van der Waals surface area (Å²) in [5, 5.41) is 0.767. The molecule has 0 bridgehead atoms. The Morgan fingerprint density at radius 1 is 1.25 bits per heavy atom. The summed E-state index contributed by atoms with van der Waals surface area (Å²) in [7, 11) is 0. The number of carbonyl (C=O) groups excluding carboxylic acids is 2. The first kappa shape index (κ1) is 13.2. The first-order valence-corrected chi connectivity index (χ1v) is 5.80. The Morgan fingerprint density at radius 3 is 2.50 bits per heavy atom. The van der Waals surface area contributed by atoms with Gasteiger partial charge in [0.25, 0.3) is 0 Å². The fourth-order valence-electron chi connectivity index (χ4n) is 1.36. The van der Waals surface area contributed by atoms with Crippen molar-refractivity contribution in [1.29, 1.82) is 0 Å². The molecule has 4 heteroatoms. The van der Waals surface area contributed by atoms with Crippen molar-refractivity contribution in [1.82, 2.24) is 0 Å². The Labute approximate surface area is 105 Å². The number of Topliss-reactive ketones (excluding diaryl/α,β-unsaturated/α-hetero) is 2. The predicted octanol–water partition coefficient (Wildman–Crippen LogP) is 3.94. The maximum Gasteiger partial charge on any atom is 0.171 e. The summed E-state index contributed by atoms with van der Waals surface area (Å²) in [6.07, 6.45) is 1.09. The van der Waals surface area contributed by atoms with E-state index in [1.54, 1.807) is 12.1 Å². The second-order valence-corrected chi connectivity index (χ2v) is 4.36. The van der Waals surface area contributed by atoms with Crippen LogP contribution in [0.5, 0.6) is 0 Å². The average Bonchev–Trinajstić information content (AvgIpc) is 2.17. The van der Waals surface area contributed by atoms with Crippen LogP contribution in [0.1, 0.15) is 36.5 Å². The van der Waals surface area contributed by atoms with Crippen molar-refractivity contribution in [2.45, 2.75) is 26.2 Å². The van der Waals surface area contributed by atoms with Gasteiger partial charge in [-0.1, -0.05) is 30.1 Å². The third kappa shape index (κ3) is 3.62. The monoisotopic (exact) mass is 258 g/mol. The highest BCUT2D eigenvalue weighted by Gasteiger charge is 2.14. The fourth-order valence-corrected chi connectivity index (χ4v) is 1.87. The lowest BCUT2D eigenvalue weighted by Gasteiger charge is -2.03. The minimum Gasteiger partial charge on any atom is -0.299 e. The van der Waals surface area contributed by atoms with E-state index >= 15 is 0 Å². The largest absolute Gasteiger partial charge is 0.299 e. The van der Waals surface area contributed by atoms with Crippen molar-refractivity contribution in [3.63, 3.8) is 0 Å². The van der Waals surface area contributed by atoms with Crippen molar-refractivity contribution < 1.29 is 9.59 Å². The maximum absolute atomic E-state index is 11.7. The summed E-state index contributed by atoms with van der Waals surface area (Å²) in [4.78, 5) is 23.0. The first-order chi connectivity index (χ1) is 7.54. The van der Waals surface area contributed by atoms with Crippen molar-refractivity contribution >= 4 is 34.8 Å². The minimum atomic E-state index is -0.250. The summed E-state index contributed by atoms with van der Waals surface area (Å²) in [6.45, 7) is 1.90. The molecule has 0 aliphatic rings.